The molecule has 3 N–H and O–H groups in total. The van der Waals surface area contributed by atoms with Crippen LogP contribution in [0.5, 0.6) is 0 Å². The van der Waals surface area contributed by atoms with E-state index in [1.807, 2.05) is 78.4 Å². The van der Waals surface area contributed by atoms with E-state index in [0.29, 0.717) is 34.3 Å². The van der Waals surface area contributed by atoms with Crippen molar-refractivity contribution < 1.29 is 23.1 Å². The van der Waals surface area contributed by atoms with E-state index < -0.39 is 11.7 Å². The number of alkyl halides is 3. The number of imidazole rings is 1. The van der Waals surface area contributed by atoms with E-state index in [9.17, 15) is 13.2 Å². The Bertz CT molecular complexity index is 1780. The maximum Gasteiger partial charge on any atom is 0.416 e. The average molecular weight is 646 g/mol. The second-order valence-corrected chi connectivity index (χ2v) is 10.7. The topological polar surface area (TPSA) is 73.3 Å². The number of hydrogen-bond donors (Lipinski definition) is 2. The summed E-state index contributed by atoms with van der Waals surface area (Å²) in [5.74, 6) is 6.32. The molecule has 0 aliphatic carbocycles. The molecule has 46 heavy (non-hydrogen) atoms. The lowest BCUT2D eigenvalue weighted by Crippen LogP contribution is -2.04. The molecule has 0 aliphatic rings. The molecule has 4 aromatic rings. The van der Waals surface area contributed by atoms with Crippen LogP contribution in [0.25, 0.3) is 34.5 Å². The lowest BCUT2D eigenvalue weighted by atomic mass is 10.0. The predicted molar refractivity (Wildman–Crippen MR) is 180 cm³/mol. The Morgan fingerprint density at radius 1 is 1.02 bits per heavy atom. The van der Waals surface area contributed by atoms with E-state index in [2.05, 4.69) is 6.92 Å². The SMILES string of the molecule is C\C=C/C(=C\C=C\C(=C\CO)ON)Cn1cc(-c2ccc(Cl)cc2CC)nc1/C=C/c1ccc(-c2cccc(C(F)(F)F)c2)cc1. The fourth-order valence-electron chi connectivity index (χ4n) is 4.84. The molecule has 0 atom stereocenters. The molecule has 1 aromatic heterocycles. The van der Waals surface area contributed by atoms with Crippen molar-refractivity contribution in [2.24, 2.45) is 5.90 Å². The van der Waals surface area contributed by atoms with E-state index in [0.717, 1.165) is 46.5 Å². The van der Waals surface area contributed by atoms with Crippen molar-refractivity contribution in [3.8, 4) is 22.4 Å². The maximum atomic E-state index is 13.2. The number of aliphatic hydroxyl groups is 1. The van der Waals surface area contributed by atoms with Gasteiger partial charge < -0.3 is 14.5 Å². The summed E-state index contributed by atoms with van der Waals surface area (Å²) in [6, 6.07) is 18.4. The van der Waals surface area contributed by atoms with Gasteiger partial charge in [0.15, 0.2) is 0 Å². The van der Waals surface area contributed by atoms with Crippen molar-refractivity contribution in [2.75, 3.05) is 6.61 Å². The zero-order valence-electron chi connectivity index (χ0n) is 25.5. The first-order valence-corrected chi connectivity index (χ1v) is 15.0. The number of allylic oxidation sites excluding steroid dienone is 6. The van der Waals surface area contributed by atoms with Crippen LogP contribution in [0.4, 0.5) is 13.2 Å². The summed E-state index contributed by atoms with van der Waals surface area (Å²) >= 11 is 6.28. The molecular formula is C37H35ClF3N3O2. The fraction of sp³-hybridized carbons (Fsp3) is 0.162. The first-order chi connectivity index (χ1) is 22.1. The Morgan fingerprint density at radius 2 is 1.80 bits per heavy atom. The van der Waals surface area contributed by atoms with Crippen LogP contribution in [0.15, 0.2) is 121 Å². The summed E-state index contributed by atoms with van der Waals surface area (Å²) < 4.78 is 41.7. The number of nitrogens with two attached hydrogens (primary N) is 1. The smallest absolute Gasteiger partial charge is 0.412 e. The summed E-state index contributed by atoms with van der Waals surface area (Å²) in [5.41, 5.74) is 5.20. The van der Waals surface area contributed by atoms with Crippen LogP contribution in [0.1, 0.15) is 36.4 Å². The molecule has 238 valence electrons. The first-order valence-electron chi connectivity index (χ1n) is 14.6. The molecule has 0 spiro atoms. The minimum absolute atomic E-state index is 0.200. The molecule has 0 aliphatic heterocycles. The molecule has 4 rings (SSSR count). The van der Waals surface area contributed by atoms with E-state index in [-0.39, 0.29) is 6.61 Å². The van der Waals surface area contributed by atoms with Gasteiger partial charge in [0.25, 0.3) is 0 Å². The quantitative estimate of drug-likeness (QED) is 0.0914. The van der Waals surface area contributed by atoms with Gasteiger partial charge in [-0.25, -0.2) is 4.98 Å². The highest BCUT2D eigenvalue weighted by molar-refractivity contribution is 6.30. The van der Waals surface area contributed by atoms with E-state index in [1.54, 1.807) is 30.4 Å². The highest BCUT2D eigenvalue weighted by Crippen LogP contribution is 2.32. The summed E-state index contributed by atoms with van der Waals surface area (Å²) in [6.45, 7) is 4.30. The van der Waals surface area contributed by atoms with Gasteiger partial charge in [-0.2, -0.15) is 19.1 Å². The summed E-state index contributed by atoms with van der Waals surface area (Å²) in [7, 11) is 0. The van der Waals surface area contributed by atoms with Crippen LogP contribution in [-0.2, 0) is 24.0 Å². The second-order valence-electron chi connectivity index (χ2n) is 10.3. The average Bonchev–Trinajstić information content (AvgIpc) is 3.45. The van der Waals surface area contributed by atoms with Gasteiger partial charge in [-0.15, -0.1) is 0 Å². The van der Waals surface area contributed by atoms with Crippen LogP contribution in [0, 0.1) is 0 Å². The Kier molecular flexibility index (Phi) is 12.0. The highest BCUT2D eigenvalue weighted by atomic mass is 35.5. The summed E-state index contributed by atoms with van der Waals surface area (Å²) in [4.78, 5) is 9.74. The van der Waals surface area contributed by atoms with Gasteiger partial charge in [0.2, 0.25) is 0 Å². The minimum Gasteiger partial charge on any atom is -0.412 e. The van der Waals surface area contributed by atoms with Gasteiger partial charge in [0.1, 0.15) is 11.6 Å². The van der Waals surface area contributed by atoms with Crippen molar-refractivity contribution in [3.63, 3.8) is 0 Å². The number of nitrogens with zero attached hydrogens (tertiary/aromatic N) is 2. The number of hydrogen-bond acceptors (Lipinski definition) is 4. The molecule has 0 amide bonds. The van der Waals surface area contributed by atoms with E-state index in [4.69, 9.17) is 32.4 Å². The normalized spacial score (nSPS) is 13.0. The molecule has 0 fully saturated rings. The van der Waals surface area contributed by atoms with E-state index in [1.165, 1.54) is 12.1 Å². The molecule has 0 saturated heterocycles. The molecule has 5 nitrogen and oxygen atoms in total. The maximum absolute atomic E-state index is 13.2. The number of aliphatic hydroxyl groups excluding tert-OH is 1. The second kappa shape index (κ2) is 16.1. The standard InChI is InChI=1S/C37H35ClF3N3O2/c1-3-7-27(8-5-11-33(46-42)20-21-45)24-44-25-35(34-18-17-32(38)23-28(34)4-2)43-36(44)19-14-26-12-15-29(16-13-26)30-9-6-10-31(22-30)37(39,40)41/h3,5-20,22-23,25,45H,4,21,24,42H2,1-2H3/b7-3-,11-5+,19-14+,27-8+,33-20-. The first kappa shape index (κ1) is 34.2. The van der Waals surface area contributed by atoms with Gasteiger partial charge >= 0.3 is 6.18 Å². The molecule has 0 radical (unpaired) electrons. The molecule has 1 heterocycles. The van der Waals surface area contributed by atoms with Crippen LogP contribution < -0.4 is 5.90 Å². The molecule has 9 heteroatoms. The van der Waals surface area contributed by atoms with Crippen molar-refractivity contribution >= 4 is 23.8 Å². The Hall–Kier alpha value is -4.63. The Labute approximate surface area is 272 Å². The number of aryl methyl sites for hydroxylation is 1. The molecule has 3 aromatic carbocycles. The van der Waals surface area contributed by atoms with Gasteiger partial charge in [0, 0.05) is 23.3 Å². The predicted octanol–water partition coefficient (Wildman–Crippen LogP) is 9.45. The minimum atomic E-state index is -4.40. The van der Waals surface area contributed by atoms with Crippen molar-refractivity contribution in [3.05, 3.63) is 148 Å². The number of aromatic nitrogens is 2. The van der Waals surface area contributed by atoms with E-state index >= 15 is 0 Å². The third kappa shape index (κ3) is 9.20. The summed E-state index contributed by atoms with van der Waals surface area (Å²) in [5, 5.41) is 9.80. The Morgan fingerprint density at radius 3 is 2.48 bits per heavy atom. The van der Waals surface area contributed by atoms with Crippen LogP contribution >= 0.6 is 11.6 Å². The van der Waals surface area contributed by atoms with Crippen LogP contribution in [-0.4, -0.2) is 21.3 Å². The summed E-state index contributed by atoms with van der Waals surface area (Å²) in [6.07, 6.45) is 13.0. The van der Waals surface area contributed by atoms with Gasteiger partial charge in [-0.05, 0) is 83.7 Å². The molecular weight excluding hydrogens is 611 g/mol. The van der Waals surface area contributed by atoms with Gasteiger partial charge in [-0.3, -0.25) is 0 Å². The number of rotatable bonds is 12. The monoisotopic (exact) mass is 645 g/mol. The zero-order chi connectivity index (χ0) is 33.1. The largest absolute Gasteiger partial charge is 0.416 e. The molecule has 0 saturated carbocycles. The van der Waals surface area contributed by atoms with Crippen LogP contribution in [0.2, 0.25) is 5.02 Å². The van der Waals surface area contributed by atoms with Crippen molar-refractivity contribution in [1.82, 2.24) is 9.55 Å². The van der Waals surface area contributed by atoms with Crippen LogP contribution in [0.3, 0.4) is 0 Å². The lowest BCUT2D eigenvalue weighted by Gasteiger charge is -2.09. The number of halogens is 4. The fourth-order valence-corrected chi connectivity index (χ4v) is 5.04. The number of benzene rings is 3. The molecule has 0 bridgehead atoms. The lowest BCUT2D eigenvalue weighted by molar-refractivity contribution is -0.137. The Balaban J connectivity index is 1.68. The van der Waals surface area contributed by atoms with Crippen molar-refractivity contribution in [2.45, 2.75) is 33.0 Å². The van der Waals surface area contributed by atoms with Crippen molar-refractivity contribution in [1.29, 1.82) is 0 Å². The third-order valence-electron chi connectivity index (χ3n) is 7.12. The highest BCUT2D eigenvalue weighted by Gasteiger charge is 2.30. The zero-order valence-corrected chi connectivity index (χ0v) is 26.3. The third-order valence-corrected chi connectivity index (χ3v) is 7.36. The van der Waals surface area contributed by atoms with Gasteiger partial charge in [0.05, 0.1) is 17.9 Å². The van der Waals surface area contributed by atoms with Gasteiger partial charge in [-0.1, -0.05) is 91.4 Å². The molecule has 0 unspecified atom stereocenters.